The summed E-state index contributed by atoms with van der Waals surface area (Å²) in [6, 6.07) is 10.1. The molecule has 1 saturated heterocycles. The standard InChI is InChI=1S/C17H21N3O2.2ClH/c18-17(7-11-22-12-8-17)16(21)20-10-6-14-4-1-3-13-5-2-9-19-15(13)14;;/h1-5,9H,6-8,10-12,18H2,(H,20,21);2*1H. The Morgan fingerprint density at radius 1 is 1.21 bits per heavy atom. The summed E-state index contributed by atoms with van der Waals surface area (Å²) >= 11 is 0. The molecule has 0 saturated carbocycles. The average Bonchev–Trinajstić information content (AvgIpc) is 2.55. The molecule has 7 heteroatoms. The van der Waals surface area contributed by atoms with Crippen molar-refractivity contribution in [2.75, 3.05) is 19.8 Å². The molecule has 0 spiro atoms. The molecule has 1 aliphatic rings. The SMILES string of the molecule is Cl.Cl.NC1(C(=O)NCCc2cccc3cccnc23)CCOCC1. The van der Waals surface area contributed by atoms with Gasteiger partial charge in [0.05, 0.1) is 11.1 Å². The Labute approximate surface area is 154 Å². The second-order valence-electron chi connectivity index (χ2n) is 5.77. The first-order chi connectivity index (χ1) is 10.7. The van der Waals surface area contributed by atoms with Gasteiger partial charge in [-0.15, -0.1) is 24.8 Å². The van der Waals surface area contributed by atoms with Crippen LogP contribution in [0.2, 0.25) is 0 Å². The van der Waals surface area contributed by atoms with Crippen LogP contribution in [-0.2, 0) is 16.0 Å². The number of rotatable bonds is 4. The lowest BCUT2D eigenvalue weighted by Gasteiger charge is -2.31. The van der Waals surface area contributed by atoms with Crippen LogP contribution in [-0.4, -0.2) is 36.2 Å². The summed E-state index contributed by atoms with van der Waals surface area (Å²) in [5, 5.41) is 4.08. The summed E-state index contributed by atoms with van der Waals surface area (Å²) in [7, 11) is 0. The molecule has 24 heavy (non-hydrogen) atoms. The van der Waals surface area contributed by atoms with Crippen molar-refractivity contribution >= 4 is 41.6 Å². The minimum Gasteiger partial charge on any atom is -0.381 e. The van der Waals surface area contributed by atoms with Crippen LogP contribution in [0.15, 0.2) is 36.5 Å². The van der Waals surface area contributed by atoms with E-state index in [1.54, 1.807) is 6.20 Å². The van der Waals surface area contributed by atoms with Crippen LogP contribution in [0, 0.1) is 0 Å². The molecule has 0 atom stereocenters. The number of amides is 1. The van der Waals surface area contributed by atoms with Crippen molar-refractivity contribution in [1.29, 1.82) is 0 Å². The lowest BCUT2D eigenvalue weighted by Crippen LogP contribution is -2.57. The van der Waals surface area contributed by atoms with E-state index in [0.717, 1.165) is 22.9 Å². The minimum atomic E-state index is -0.782. The number of nitrogens with one attached hydrogen (secondary N) is 1. The van der Waals surface area contributed by atoms with Crippen molar-refractivity contribution in [3.05, 3.63) is 42.1 Å². The van der Waals surface area contributed by atoms with E-state index in [9.17, 15) is 4.79 Å². The van der Waals surface area contributed by atoms with Crippen molar-refractivity contribution in [3.63, 3.8) is 0 Å². The molecule has 1 aliphatic heterocycles. The van der Waals surface area contributed by atoms with E-state index in [4.69, 9.17) is 10.5 Å². The highest BCUT2D eigenvalue weighted by Crippen LogP contribution is 2.18. The number of hydrogen-bond donors (Lipinski definition) is 2. The maximum absolute atomic E-state index is 12.3. The van der Waals surface area contributed by atoms with Gasteiger partial charge in [-0.1, -0.05) is 24.3 Å². The maximum Gasteiger partial charge on any atom is 0.240 e. The topological polar surface area (TPSA) is 77.2 Å². The number of pyridine rings is 1. The molecule has 1 fully saturated rings. The maximum atomic E-state index is 12.3. The highest BCUT2D eigenvalue weighted by atomic mass is 35.5. The van der Waals surface area contributed by atoms with Crippen LogP contribution in [0.5, 0.6) is 0 Å². The van der Waals surface area contributed by atoms with E-state index in [1.165, 1.54) is 0 Å². The van der Waals surface area contributed by atoms with Gasteiger partial charge in [-0.2, -0.15) is 0 Å². The fraction of sp³-hybridized carbons (Fsp3) is 0.412. The van der Waals surface area contributed by atoms with Crippen LogP contribution < -0.4 is 11.1 Å². The molecule has 2 aromatic rings. The van der Waals surface area contributed by atoms with Gasteiger partial charge in [0.25, 0.3) is 0 Å². The van der Waals surface area contributed by atoms with Gasteiger partial charge in [0, 0.05) is 31.3 Å². The first-order valence-corrected chi connectivity index (χ1v) is 7.67. The van der Waals surface area contributed by atoms with Crippen LogP contribution in [0.4, 0.5) is 0 Å². The second kappa shape index (κ2) is 9.18. The molecule has 5 nitrogen and oxygen atoms in total. The van der Waals surface area contributed by atoms with E-state index >= 15 is 0 Å². The van der Waals surface area contributed by atoms with E-state index in [0.29, 0.717) is 32.6 Å². The number of hydrogen-bond acceptors (Lipinski definition) is 4. The molecular formula is C17H23Cl2N3O2. The Kier molecular flexibility index (Phi) is 7.90. The third kappa shape index (κ3) is 4.57. The normalized spacial score (nSPS) is 15.9. The van der Waals surface area contributed by atoms with Crippen molar-refractivity contribution in [2.24, 2.45) is 5.73 Å². The number of carbonyl (C=O) groups is 1. The average molecular weight is 372 g/mol. The van der Waals surface area contributed by atoms with E-state index < -0.39 is 5.54 Å². The highest BCUT2D eigenvalue weighted by Gasteiger charge is 2.35. The first kappa shape index (κ1) is 20.6. The lowest BCUT2D eigenvalue weighted by atomic mass is 9.90. The number of para-hydroxylation sites is 1. The predicted molar refractivity (Wildman–Crippen MR) is 99.9 cm³/mol. The van der Waals surface area contributed by atoms with Gasteiger partial charge in [0.2, 0.25) is 5.91 Å². The number of nitrogens with two attached hydrogens (primary N) is 1. The second-order valence-corrected chi connectivity index (χ2v) is 5.77. The summed E-state index contributed by atoms with van der Waals surface area (Å²) in [6.45, 7) is 1.67. The number of aromatic nitrogens is 1. The zero-order valence-electron chi connectivity index (χ0n) is 13.4. The van der Waals surface area contributed by atoms with Gasteiger partial charge < -0.3 is 15.8 Å². The Morgan fingerprint density at radius 3 is 2.67 bits per heavy atom. The number of carbonyl (C=O) groups excluding carboxylic acids is 1. The largest absolute Gasteiger partial charge is 0.381 e. The summed E-state index contributed by atoms with van der Waals surface area (Å²) in [5.41, 5.74) is 7.51. The number of nitrogens with zero attached hydrogens (tertiary/aromatic N) is 1. The van der Waals surface area contributed by atoms with E-state index in [-0.39, 0.29) is 30.7 Å². The molecule has 132 valence electrons. The Balaban J connectivity index is 0.00000144. The summed E-state index contributed by atoms with van der Waals surface area (Å²) in [6.07, 6.45) is 3.69. The summed E-state index contributed by atoms with van der Waals surface area (Å²) in [5.74, 6) is -0.0796. The Hall–Kier alpha value is -1.40. The first-order valence-electron chi connectivity index (χ1n) is 7.67. The molecule has 1 amide bonds. The van der Waals surface area contributed by atoms with Gasteiger partial charge >= 0.3 is 0 Å². The molecule has 0 radical (unpaired) electrons. The van der Waals surface area contributed by atoms with Crippen molar-refractivity contribution in [1.82, 2.24) is 10.3 Å². The van der Waals surface area contributed by atoms with E-state index in [1.807, 2.05) is 30.3 Å². The van der Waals surface area contributed by atoms with Crippen LogP contribution in [0.1, 0.15) is 18.4 Å². The number of fused-ring (bicyclic) bond motifs is 1. The molecule has 1 aromatic heterocycles. The highest BCUT2D eigenvalue weighted by molar-refractivity contribution is 5.86. The predicted octanol–water partition coefficient (Wildman–Crippen LogP) is 2.25. The fourth-order valence-electron chi connectivity index (χ4n) is 2.82. The number of ether oxygens (including phenoxy) is 1. The molecule has 0 aliphatic carbocycles. The smallest absolute Gasteiger partial charge is 0.240 e. The van der Waals surface area contributed by atoms with Crippen molar-refractivity contribution in [3.8, 4) is 0 Å². The summed E-state index contributed by atoms with van der Waals surface area (Å²) < 4.78 is 5.27. The van der Waals surface area contributed by atoms with Crippen LogP contribution >= 0.6 is 24.8 Å². The molecule has 3 N–H and O–H groups in total. The van der Waals surface area contributed by atoms with Gasteiger partial charge in [-0.05, 0) is 30.9 Å². The fourth-order valence-corrected chi connectivity index (χ4v) is 2.82. The molecular weight excluding hydrogens is 349 g/mol. The van der Waals surface area contributed by atoms with Gasteiger partial charge in [-0.25, -0.2) is 0 Å². The Morgan fingerprint density at radius 2 is 1.92 bits per heavy atom. The quantitative estimate of drug-likeness (QED) is 0.863. The van der Waals surface area contributed by atoms with Crippen molar-refractivity contribution < 1.29 is 9.53 Å². The third-order valence-electron chi connectivity index (χ3n) is 4.23. The van der Waals surface area contributed by atoms with Crippen LogP contribution in [0.25, 0.3) is 10.9 Å². The molecule has 0 bridgehead atoms. The lowest BCUT2D eigenvalue weighted by molar-refractivity contribution is -0.129. The van der Waals surface area contributed by atoms with Crippen molar-refractivity contribution in [2.45, 2.75) is 24.8 Å². The number of halogens is 2. The molecule has 3 rings (SSSR count). The van der Waals surface area contributed by atoms with E-state index in [2.05, 4.69) is 10.3 Å². The minimum absolute atomic E-state index is 0. The summed E-state index contributed by atoms with van der Waals surface area (Å²) in [4.78, 5) is 16.7. The Bertz CT molecular complexity index is 670. The zero-order valence-corrected chi connectivity index (χ0v) is 15.0. The van der Waals surface area contributed by atoms with Crippen LogP contribution in [0.3, 0.4) is 0 Å². The zero-order chi connectivity index (χ0) is 15.4. The van der Waals surface area contributed by atoms with Gasteiger partial charge in [0.15, 0.2) is 0 Å². The number of benzene rings is 1. The third-order valence-corrected chi connectivity index (χ3v) is 4.23. The molecule has 0 unspecified atom stereocenters. The monoisotopic (exact) mass is 371 g/mol. The molecule has 2 heterocycles. The van der Waals surface area contributed by atoms with Gasteiger partial charge in [0.1, 0.15) is 0 Å². The molecule has 1 aromatic carbocycles. The van der Waals surface area contributed by atoms with Gasteiger partial charge in [-0.3, -0.25) is 9.78 Å².